The molecule has 5 rings (SSSR count). The van der Waals surface area contributed by atoms with Gasteiger partial charge in [0.1, 0.15) is 18.1 Å². The van der Waals surface area contributed by atoms with Gasteiger partial charge in [-0.25, -0.2) is 0 Å². The molecule has 0 unspecified atom stereocenters. The topological polar surface area (TPSA) is 112 Å². The van der Waals surface area contributed by atoms with Crippen molar-refractivity contribution in [2.45, 2.75) is 44.9 Å². The maximum Gasteiger partial charge on any atom is 0.255 e. The fraction of sp³-hybridized carbons (Fsp3) is 0.385. The Bertz CT molecular complexity index is 1580. The van der Waals surface area contributed by atoms with E-state index in [9.17, 15) is 19.8 Å². The van der Waals surface area contributed by atoms with Crippen LogP contribution in [0.1, 0.15) is 65.6 Å². The third-order valence-electron chi connectivity index (χ3n) is 9.00. The number of hydrogen-bond donors (Lipinski definition) is 3. The van der Waals surface area contributed by atoms with Crippen LogP contribution in [-0.2, 0) is 11.2 Å². The average Bonchev–Trinajstić information content (AvgIpc) is 3.41. The molecule has 0 radical (unpaired) electrons. The maximum atomic E-state index is 13.3. The highest BCUT2D eigenvalue weighted by Crippen LogP contribution is 2.36. The number of benzene rings is 2. The van der Waals surface area contributed by atoms with Gasteiger partial charge in [-0.15, -0.1) is 0 Å². The van der Waals surface area contributed by atoms with E-state index in [0.29, 0.717) is 53.7 Å². The molecule has 9 nitrogen and oxygen atoms in total. The van der Waals surface area contributed by atoms with E-state index in [1.165, 1.54) is 5.56 Å². The molecule has 1 saturated heterocycles. The largest absolute Gasteiger partial charge is 0.487 e. The molecule has 2 heterocycles. The van der Waals surface area contributed by atoms with E-state index >= 15 is 0 Å². The van der Waals surface area contributed by atoms with Crippen LogP contribution < -0.4 is 14.8 Å². The maximum absolute atomic E-state index is 13.3. The Kier molecular flexibility index (Phi) is 12.4. The first-order valence-electron chi connectivity index (χ1n) is 16.9. The van der Waals surface area contributed by atoms with Crippen LogP contribution in [0, 0.1) is 5.92 Å². The van der Waals surface area contributed by atoms with Gasteiger partial charge >= 0.3 is 0 Å². The molecule has 3 N–H and O–H groups in total. The van der Waals surface area contributed by atoms with Gasteiger partial charge in [0.05, 0.1) is 18.9 Å². The first-order valence-corrected chi connectivity index (χ1v) is 16.9. The standard InChI is InChI=1S/C39H47N3O6/c1-3-4-5-36(45)30-8-12-32-24-37(47-23-22-44)38(25-33(32)13-9-30)48-35-16-17-41(2)27-34(26-35)40-39(46)31-10-6-28(7-11-31)29-14-18-42(19-15-29)20-21-43/h3-4,6-7,9-11,13,16-17,24-27,29-30,43-44H,5,8,12,14-15,18-23H2,1-2H3,(H,40,46)/b4-3+/t30-/m1/s1. The number of Topliss-reactive ketones (excluding diaryl/α,β-unsaturated/α-hetero) is 1. The number of amides is 1. The van der Waals surface area contributed by atoms with Crippen LogP contribution in [0.15, 0.2) is 90.6 Å². The number of ketones is 1. The molecule has 1 atom stereocenters. The number of carbonyl (C=O) groups excluding carboxylic acids is 2. The summed E-state index contributed by atoms with van der Waals surface area (Å²) < 4.78 is 12.3. The van der Waals surface area contributed by atoms with Crippen molar-refractivity contribution in [3.63, 3.8) is 0 Å². The zero-order chi connectivity index (χ0) is 33.9. The molecular formula is C39H47N3O6. The summed E-state index contributed by atoms with van der Waals surface area (Å²) in [6.45, 7) is 4.72. The van der Waals surface area contributed by atoms with E-state index < -0.39 is 0 Å². The van der Waals surface area contributed by atoms with Crippen LogP contribution in [0.5, 0.6) is 11.5 Å². The van der Waals surface area contributed by atoms with Gasteiger partial charge in [-0.05, 0) is 98.6 Å². The van der Waals surface area contributed by atoms with Crippen LogP contribution in [-0.4, -0.2) is 78.2 Å². The summed E-state index contributed by atoms with van der Waals surface area (Å²) in [6.07, 6.45) is 18.9. The molecule has 2 aromatic rings. The van der Waals surface area contributed by atoms with E-state index in [1.807, 2.05) is 98.0 Å². The van der Waals surface area contributed by atoms with Crippen LogP contribution in [0.3, 0.4) is 0 Å². The number of nitrogens with zero attached hydrogens (tertiary/aromatic N) is 2. The molecule has 1 aliphatic carbocycles. The minimum atomic E-state index is -0.225. The molecule has 0 saturated carbocycles. The van der Waals surface area contributed by atoms with Gasteiger partial charge in [-0.3, -0.25) is 9.59 Å². The smallest absolute Gasteiger partial charge is 0.255 e. The van der Waals surface area contributed by atoms with Gasteiger partial charge in [0, 0.05) is 50.0 Å². The predicted molar refractivity (Wildman–Crippen MR) is 187 cm³/mol. The molecule has 3 aliphatic rings. The van der Waals surface area contributed by atoms with Crippen LogP contribution in [0.2, 0.25) is 0 Å². The second kappa shape index (κ2) is 17.1. The highest BCUT2D eigenvalue weighted by Gasteiger charge is 2.22. The summed E-state index contributed by atoms with van der Waals surface area (Å²) in [4.78, 5) is 30.2. The van der Waals surface area contributed by atoms with Crippen LogP contribution in [0.4, 0.5) is 0 Å². The summed E-state index contributed by atoms with van der Waals surface area (Å²) in [6, 6.07) is 11.7. The third-order valence-corrected chi connectivity index (χ3v) is 9.00. The Morgan fingerprint density at radius 1 is 1.02 bits per heavy atom. The zero-order valence-corrected chi connectivity index (χ0v) is 27.9. The number of carbonyl (C=O) groups is 2. The number of piperidine rings is 1. The number of aliphatic hydroxyl groups excluding tert-OH is 2. The van der Waals surface area contributed by atoms with E-state index in [1.54, 1.807) is 6.08 Å². The first-order chi connectivity index (χ1) is 23.4. The molecule has 0 bridgehead atoms. The lowest BCUT2D eigenvalue weighted by molar-refractivity contribution is -0.120. The number of likely N-dealkylation sites (tertiary alicyclic amines) is 1. The summed E-state index contributed by atoms with van der Waals surface area (Å²) >= 11 is 0. The Morgan fingerprint density at radius 2 is 1.81 bits per heavy atom. The summed E-state index contributed by atoms with van der Waals surface area (Å²) in [5, 5.41) is 21.7. The van der Waals surface area contributed by atoms with Crippen molar-refractivity contribution in [3.05, 3.63) is 113 Å². The lowest BCUT2D eigenvalue weighted by Gasteiger charge is -2.31. The Hall–Kier alpha value is -4.44. The lowest BCUT2D eigenvalue weighted by atomic mass is 9.89. The quantitative estimate of drug-likeness (QED) is 0.249. The zero-order valence-electron chi connectivity index (χ0n) is 27.9. The van der Waals surface area contributed by atoms with Crippen LogP contribution >= 0.6 is 0 Å². The van der Waals surface area contributed by atoms with Gasteiger partial charge in [0.15, 0.2) is 11.5 Å². The van der Waals surface area contributed by atoms with Crippen molar-refractivity contribution in [2.24, 2.45) is 5.92 Å². The second-order valence-corrected chi connectivity index (χ2v) is 12.4. The Balaban J connectivity index is 1.30. The van der Waals surface area contributed by atoms with Gasteiger partial charge in [0.25, 0.3) is 5.91 Å². The van der Waals surface area contributed by atoms with Gasteiger partial charge in [-0.1, -0.05) is 36.4 Å². The van der Waals surface area contributed by atoms with E-state index in [4.69, 9.17) is 9.47 Å². The van der Waals surface area contributed by atoms with Crippen molar-refractivity contribution >= 4 is 17.8 Å². The molecule has 9 heteroatoms. The lowest BCUT2D eigenvalue weighted by Crippen LogP contribution is -2.34. The predicted octanol–water partition coefficient (Wildman–Crippen LogP) is 5.33. The first kappa shape index (κ1) is 34.9. The number of nitrogens with one attached hydrogen (secondary N) is 1. The van der Waals surface area contributed by atoms with E-state index in [-0.39, 0.29) is 37.4 Å². The molecule has 0 aromatic heterocycles. The number of rotatable bonds is 13. The third kappa shape index (κ3) is 9.34. The fourth-order valence-electron chi connectivity index (χ4n) is 6.31. The molecule has 2 aromatic carbocycles. The van der Waals surface area contributed by atoms with Gasteiger partial charge < -0.3 is 34.8 Å². The van der Waals surface area contributed by atoms with E-state index in [0.717, 1.165) is 43.6 Å². The summed E-state index contributed by atoms with van der Waals surface area (Å²) in [5.41, 5.74) is 4.34. The minimum absolute atomic E-state index is 0.107. The highest BCUT2D eigenvalue weighted by molar-refractivity contribution is 5.95. The number of β-amino-alcohol motifs (C(OH)–C–C–N with tert-alkyl or cyclic N) is 1. The fourth-order valence-corrected chi connectivity index (χ4v) is 6.31. The molecule has 1 amide bonds. The van der Waals surface area contributed by atoms with Crippen molar-refractivity contribution in [3.8, 4) is 11.5 Å². The molecule has 2 aliphatic heterocycles. The molecule has 1 fully saturated rings. The molecule has 254 valence electrons. The molecular weight excluding hydrogens is 606 g/mol. The van der Waals surface area contributed by atoms with Crippen molar-refractivity contribution in [1.82, 2.24) is 15.1 Å². The van der Waals surface area contributed by atoms with Crippen molar-refractivity contribution in [2.75, 3.05) is 46.5 Å². The average molecular weight is 654 g/mol. The minimum Gasteiger partial charge on any atom is -0.487 e. The number of aryl methyl sites for hydroxylation is 1. The van der Waals surface area contributed by atoms with Gasteiger partial charge in [0.2, 0.25) is 0 Å². The number of ether oxygens (including phenoxy) is 2. The number of allylic oxidation sites excluding steroid dienone is 5. The Labute approximate surface area is 283 Å². The molecule has 48 heavy (non-hydrogen) atoms. The SMILES string of the molecule is C/C=C/CC(=O)[C@H]1C=Cc2cc(OC3=CC(NC(=O)c4ccc(C5CCN(CCO)CC5)cc4)=CN(C)C=C3)c(OCCO)cc2CC1. The second-order valence-electron chi connectivity index (χ2n) is 12.4. The number of hydrogen-bond acceptors (Lipinski definition) is 8. The number of fused-ring (bicyclic) bond motifs is 1. The normalized spacial score (nSPS) is 18.5. The van der Waals surface area contributed by atoms with Crippen LogP contribution in [0.25, 0.3) is 6.08 Å². The van der Waals surface area contributed by atoms with Crippen molar-refractivity contribution in [1.29, 1.82) is 0 Å². The van der Waals surface area contributed by atoms with Crippen molar-refractivity contribution < 1.29 is 29.3 Å². The highest BCUT2D eigenvalue weighted by atomic mass is 16.5. The van der Waals surface area contributed by atoms with E-state index in [2.05, 4.69) is 10.2 Å². The monoisotopic (exact) mass is 653 g/mol. The van der Waals surface area contributed by atoms with Gasteiger partial charge in [-0.2, -0.15) is 0 Å². The summed E-state index contributed by atoms with van der Waals surface area (Å²) in [5.74, 6) is 1.70. The molecule has 0 spiro atoms. The Morgan fingerprint density at radius 3 is 2.54 bits per heavy atom. The summed E-state index contributed by atoms with van der Waals surface area (Å²) in [7, 11) is 1.87. The number of aliphatic hydroxyl groups is 2.